The average molecular weight is 519 g/mol. The summed E-state index contributed by atoms with van der Waals surface area (Å²) in [4.78, 5) is 11.7. The summed E-state index contributed by atoms with van der Waals surface area (Å²) in [6.07, 6.45) is 0.876. The Balaban J connectivity index is 0.000000223. The van der Waals surface area contributed by atoms with Crippen LogP contribution in [0, 0.1) is 29.4 Å². The molecule has 0 aliphatic carbocycles. The first-order chi connectivity index (χ1) is 17.7. The summed E-state index contributed by atoms with van der Waals surface area (Å²) in [6, 6.07) is 19.3. The molecule has 1 aromatic heterocycles. The molecule has 0 unspecified atom stereocenters. The molecular weight excluding hydrogens is 482 g/mol. The highest BCUT2D eigenvalue weighted by molar-refractivity contribution is 5.85. The topological polar surface area (TPSA) is 71.5 Å². The predicted octanol–water partition coefficient (Wildman–Crippen LogP) is 7.55. The summed E-state index contributed by atoms with van der Waals surface area (Å²) in [5, 5.41) is 14.3. The van der Waals surface area contributed by atoms with E-state index in [4.69, 9.17) is 0 Å². The number of halogens is 2. The highest BCUT2D eigenvalue weighted by Gasteiger charge is 2.24. The first-order valence-electron chi connectivity index (χ1n) is 12.6. The summed E-state index contributed by atoms with van der Waals surface area (Å²) >= 11 is 0. The zero-order valence-corrected chi connectivity index (χ0v) is 23.2. The van der Waals surface area contributed by atoms with Gasteiger partial charge in [-0.05, 0) is 58.4 Å². The maximum absolute atomic E-state index is 13.5. The van der Waals surface area contributed by atoms with Crippen LogP contribution in [-0.2, 0) is 17.6 Å². The number of hydrogen-bond donors (Lipinski definition) is 1. The third-order valence-electron chi connectivity index (χ3n) is 5.97. The fourth-order valence-electron chi connectivity index (χ4n) is 3.94. The fraction of sp³-hybridized carbons (Fsp3) is 0.355. The Hall–Kier alpha value is -3.74. The molecule has 0 radical (unpaired) electrons. The van der Waals surface area contributed by atoms with Gasteiger partial charge in [0.15, 0.2) is 0 Å². The molecule has 0 saturated heterocycles. The number of Topliss-reactive ketones (excluding diaryl/α,β-unsaturated/α-hetero) is 1. The number of carbonyl (C=O) groups is 1. The largest absolute Gasteiger partial charge is 0.299 e. The summed E-state index contributed by atoms with van der Waals surface area (Å²) in [5.74, 6) is -0.839. The SMILES string of the molecule is CC(C)(C)Cc1ccc(-c2ccccc2-c2nn[nH]n2)cc1.Cc1cc(F)c(CC(=O)C(C)(C)C)c(F)c1. The number of carbonyl (C=O) groups excluding carboxylic acids is 1. The number of ketones is 1. The lowest BCUT2D eigenvalue weighted by atomic mass is 9.87. The van der Waals surface area contributed by atoms with E-state index in [0.717, 1.165) is 23.1 Å². The van der Waals surface area contributed by atoms with Crippen LogP contribution in [0.25, 0.3) is 22.5 Å². The lowest BCUT2D eigenvalue weighted by Gasteiger charge is -2.18. The van der Waals surface area contributed by atoms with Crippen LogP contribution in [0.1, 0.15) is 58.2 Å². The average Bonchev–Trinajstić information content (AvgIpc) is 3.35. The van der Waals surface area contributed by atoms with E-state index < -0.39 is 17.0 Å². The van der Waals surface area contributed by atoms with Crippen LogP contribution < -0.4 is 0 Å². The number of tetrazole rings is 1. The molecule has 0 fully saturated rings. The Morgan fingerprint density at radius 2 is 1.45 bits per heavy atom. The van der Waals surface area contributed by atoms with Crippen molar-refractivity contribution in [3.8, 4) is 22.5 Å². The van der Waals surface area contributed by atoms with Crippen LogP contribution in [-0.4, -0.2) is 26.4 Å². The van der Waals surface area contributed by atoms with E-state index in [9.17, 15) is 13.6 Å². The van der Waals surface area contributed by atoms with Crippen molar-refractivity contribution in [2.45, 2.75) is 61.3 Å². The van der Waals surface area contributed by atoms with Gasteiger partial charge >= 0.3 is 0 Å². The molecule has 0 aliphatic heterocycles. The zero-order valence-electron chi connectivity index (χ0n) is 23.2. The van der Waals surface area contributed by atoms with Gasteiger partial charge < -0.3 is 0 Å². The third kappa shape index (κ3) is 7.88. The minimum Gasteiger partial charge on any atom is -0.299 e. The van der Waals surface area contributed by atoms with Crippen LogP contribution in [0.2, 0.25) is 0 Å². The number of aromatic nitrogens is 4. The van der Waals surface area contributed by atoms with Crippen LogP contribution in [0.4, 0.5) is 8.78 Å². The second-order valence-corrected chi connectivity index (χ2v) is 11.8. The van der Waals surface area contributed by atoms with Crippen molar-refractivity contribution >= 4 is 5.78 Å². The monoisotopic (exact) mass is 518 g/mol. The lowest BCUT2D eigenvalue weighted by Crippen LogP contribution is -2.23. The quantitative estimate of drug-likeness (QED) is 0.296. The van der Waals surface area contributed by atoms with E-state index >= 15 is 0 Å². The molecule has 0 bridgehead atoms. The smallest absolute Gasteiger partial charge is 0.205 e. The van der Waals surface area contributed by atoms with Crippen LogP contribution >= 0.6 is 0 Å². The molecule has 0 amide bonds. The molecule has 0 aliphatic rings. The molecule has 0 atom stereocenters. The van der Waals surface area contributed by atoms with Gasteiger partial charge in [-0.1, -0.05) is 90.1 Å². The van der Waals surface area contributed by atoms with Gasteiger partial charge in [-0.15, -0.1) is 10.2 Å². The van der Waals surface area contributed by atoms with Gasteiger partial charge in [0.1, 0.15) is 17.4 Å². The summed E-state index contributed by atoms with van der Waals surface area (Å²) < 4.78 is 26.9. The molecule has 38 heavy (non-hydrogen) atoms. The third-order valence-corrected chi connectivity index (χ3v) is 5.97. The summed E-state index contributed by atoms with van der Waals surface area (Å²) in [5.41, 5.74) is 4.72. The van der Waals surface area contributed by atoms with Crippen LogP contribution in [0.3, 0.4) is 0 Å². The Labute approximate surface area is 223 Å². The van der Waals surface area contributed by atoms with Crippen molar-refractivity contribution in [2.75, 3.05) is 0 Å². The molecule has 1 N–H and O–H groups in total. The van der Waals surface area contributed by atoms with E-state index in [1.807, 2.05) is 18.2 Å². The van der Waals surface area contributed by atoms with Gasteiger partial charge in [0.25, 0.3) is 0 Å². The number of rotatable bonds is 5. The van der Waals surface area contributed by atoms with Gasteiger partial charge in [0.05, 0.1) is 0 Å². The van der Waals surface area contributed by atoms with Crippen LogP contribution in [0.5, 0.6) is 0 Å². The first kappa shape index (κ1) is 28.8. The first-order valence-corrected chi connectivity index (χ1v) is 12.6. The summed E-state index contributed by atoms with van der Waals surface area (Å²) in [6.45, 7) is 13.6. The Morgan fingerprint density at radius 3 is 1.95 bits per heavy atom. The number of H-pyrrole nitrogens is 1. The van der Waals surface area contributed by atoms with E-state index in [1.165, 1.54) is 17.7 Å². The fourth-order valence-corrected chi connectivity index (χ4v) is 3.94. The molecule has 0 spiro atoms. The Bertz CT molecular complexity index is 1340. The standard InChI is InChI=1S/C18H20N4.C13H16F2O/c1-18(2,3)12-13-8-10-14(11-9-13)15-6-4-5-7-16(15)17-19-21-22-20-17;1-8-5-10(14)9(11(15)6-8)7-12(16)13(2,3)4/h4-11H,12H2,1-3H3,(H,19,20,21,22);5-6H,7H2,1-4H3. The van der Waals surface area contributed by atoms with Crippen molar-refractivity contribution in [3.63, 3.8) is 0 Å². The van der Waals surface area contributed by atoms with E-state index in [-0.39, 0.29) is 17.8 Å². The number of aryl methyl sites for hydroxylation is 1. The summed E-state index contributed by atoms with van der Waals surface area (Å²) in [7, 11) is 0. The van der Waals surface area contributed by atoms with E-state index in [2.05, 4.69) is 71.7 Å². The predicted molar refractivity (Wildman–Crippen MR) is 147 cm³/mol. The van der Waals surface area contributed by atoms with Gasteiger partial charge in [0.2, 0.25) is 5.82 Å². The molecule has 1 heterocycles. The Kier molecular flexibility index (Phi) is 8.92. The van der Waals surface area contributed by atoms with Gasteiger partial charge in [0, 0.05) is 23.0 Å². The maximum atomic E-state index is 13.5. The molecule has 0 saturated carbocycles. The van der Waals surface area contributed by atoms with Crippen molar-refractivity contribution in [1.29, 1.82) is 0 Å². The molecule has 7 heteroatoms. The van der Waals surface area contributed by atoms with Crippen molar-refractivity contribution in [3.05, 3.63) is 89.0 Å². The number of hydrogen-bond acceptors (Lipinski definition) is 4. The number of benzene rings is 3. The van der Waals surface area contributed by atoms with E-state index in [1.54, 1.807) is 27.7 Å². The molecule has 5 nitrogen and oxygen atoms in total. The minimum atomic E-state index is -0.643. The van der Waals surface area contributed by atoms with Gasteiger partial charge in [-0.3, -0.25) is 4.79 Å². The minimum absolute atomic E-state index is 0.134. The van der Waals surface area contributed by atoms with Gasteiger partial charge in [-0.2, -0.15) is 5.21 Å². The van der Waals surface area contributed by atoms with E-state index in [0.29, 0.717) is 16.8 Å². The number of nitrogens with zero attached hydrogens (tertiary/aromatic N) is 3. The molecular formula is C31H36F2N4O. The lowest BCUT2D eigenvalue weighted by molar-refractivity contribution is -0.125. The van der Waals surface area contributed by atoms with Crippen molar-refractivity contribution in [2.24, 2.45) is 10.8 Å². The molecule has 200 valence electrons. The highest BCUT2D eigenvalue weighted by Crippen LogP contribution is 2.30. The highest BCUT2D eigenvalue weighted by atomic mass is 19.1. The number of aromatic amines is 1. The number of nitrogens with one attached hydrogen (secondary N) is 1. The van der Waals surface area contributed by atoms with Gasteiger partial charge in [-0.25, -0.2) is 8.78 Å². The van der Waals surface area contributed by atoms with Crippen molar-refractivity contribution < 1.29 is 13.6 Å². The molecule has 4 aromatic rings. The van der Waals surface area contributed by atoms with Crippen LogP contribution in [0.15, 0.2) is 60.7 Å². The zero-order chi connectivity index (χ0) is 28.1. The molecule has 4 rings (SSSR count). The normalized spacial score (nSPS) is 11.6. The Morgan fingerprint density at radius 1 is 0.868 bits per heavy atom. The molecule has 3 aromatic carbocycles. The second kappa shape index (κ2) is 11.8. The second-order valence-electron chi connectivity index (χ2n) is 11.8. The maximum Gasteiger partial charge on any atom is 0.205 e. The van der Waals surface area contributed by atoms with Crippen molar-refractivity contribution in [1.82, 2.24) is 20.6 Å².